The molecule has 0 aliphatic rings. The molecule has 0 fully saturated rings. The summed E-state index contributed by atoms with van der Waals surface area (Å²) in [5, 5.41) is 6.71. The number of hydrogen-bond acceptors (Lipinski definition) is 5. The molecular formula is C22H40N4O2S. The topological polar surface area (TPSA) is 58.1 Å². The summed E-state index contributed by atoms with van der Waals surface area (Å²) in [5.74, 6) is 3.60. The average Bonchev–Trinajstić information content (AvgIpc) is 2.75. The fourth-order valence-corrected chi connectivity index (χ4v) is 3.34. The van der Waals surface area contributed by atoms with Crippen molar-refractivity contribution in [3.05, 3.63) is 23.8 Å². The fraction of sp³-hybridized carbons (Fsp3) is 0.682. The van der Waals surface area contributed by atoms with Crippen LogP contribution in [0.4, 0.5) is 0 Å². The zero-order valence-electron chi connectivity index (χ0n) is 18.9. The van der Waals surface area contributed by atoms with Gasteiger partial charge in [-0.25, -0.2) is 4.99 Å². The van der Waals surface area contributed by atoms with Gasteiger partial charge in [0.2, 0.25) is 0 Å². The van der Waals surface area contributed by atoms with E-state index < -0.39 is 0 Å². The minimum Gasteiger partial charge on any atom is -0.493 e. The summed E-state index contributed by atoms with van der Waals surface area (Å²) < 4.78 is 11.5. The molecule has 2 N–H and O–H groups in total. The standard InChI is InChI=1S/C22H40N4O2S/c1-6-23-22(24-13-9-10-16-29-5)25-18-19-11-12-20(21(17-19)27-4)28-15-14-26(7-2)8-3/h11-12,17H,6-10,13-16,18H2,1-5H3,(H2,23,24,25). The van der Waals surface area contributed by atoms with Crippen molar-refractivity contribution in [1.82, 2.24) is 15.5 Å². The zero-order chi connectivity index (χ0) is 21.3. The van der Waals surface area contributed by atoms with E-state index in [9.17, 15) is 0 Å². The Balaban J connectivity index is 2.61. The first kappa shape index (κ1) is 25.4. The number of benzene rings is 1. The number of ether oxygens (including phenoxy) is 2. The van der Waals surface area contributed by atoms with Crippen LogP contribution in [0.3, 0.4) is 0 Å². The quantitative estimate of drug-likeness (QED) is 0.255. The van der Waals surface area contributed by atoms with Crippen molar-refractivity contribution >= 4 is 17.7 Å². The Morgan fingerprint density at radius 2 is 1.90 bits per heavy atom. The number of nitrogens with one attached hydrogen (secondary N) is 2. The molecule has 29 heavy (non-hydrogen) atoms. The minimum atomic E-state index is 0.593. The Morgan fingerprint density at radius 1 is 1.10 bits per heavy atom. The van der Waals surface area contributed by atoms with Gasteiger partial charge in [0.25, 0.3) is 0 Å². The largest absolute Gasteiger partial charge is 0.493 e. The minimum absolute atomic E-state index is 0.593. The highest BCUT2D eigenvalue weighted by Crippen LogP contribution is 2.28. The normalized spacial score (nSPS) is 11.6. The third kappa shape index (κ3) is 10.7. The lowest BCUT2D eigenvalue weighted by atomic mass is 10.2. The van der Waals surface area contributed by atoms with Crippen molar-refractivity contribution in [2.24, 2.45) is 4.99 Å². The molecule has 0 radical (unpaired) electrons. The van der Waals surface area contributed by atoms with Gasteiger partial charge in [-0.2, -0.15) is 11.8 Å². The number of nitrogens with zero attached hydrogens (tertiary/aromatic N) is 2. The van der Waals surface area contributed by atoms with E-state index in [1.165, 1.54) is 12.2 Å². The van der Waals surface area contributed by atoms with Gasteiger partial charge in [0.15, 0.2) is 17.5 Å². The predicted molar refractivity (Wildman–Crippen MR) is 127 cm³/mol. The Kier molecular flexibility index (Phi) is 14.2. The molecule has 1 aromatic carbocycles. The molecule has 0 aliphatic heterocycles. The molecule has 0 spiro atoms. The zero-order valence-corrected chi connectivity index (χ0v) is 19.7. The van der Waals surface area contributed by atoms with Crippen LogP contribution in [-0.4, -0.2) is 69.3 Å². The van der Waals surface area contributed by atoms with E-state index in [1.807, 2.05) is 23.9 Å². The van der Waals surface area contributed by atoms with Crippen molar-refractivity contribution in [2.75, 3.05) is 58.4 Å². The summed E-state index contributed by atoms with van der Waals surface area (Å²) >= 11 is 1.89. The van der Waals surface area contributed by atoms with Gasteiger partial charge < -0.3 is 25.0 Å². The second-order valence-corrected chi connectivity index (χ2v) is 7.67. The molecule has 0 aromatic heterocycles. The number of thioether (sulfide) groups is 1. The number of methoxy groups -OCH3 is 1. The number of unbranched alkanes of at least 4 members (excludes halogenated alkanes) is 1. The molecule has 0 saturated heterocycles. The van der Waals surface area contributed by atoms with Crippen molar-refractivity contribution in [3.8, 4) is 11.5 Å². The van der Waals surface area contributed by atoms with E-state index in [1.54, 1.807) is 7.11 Å². The second-order valence-electron chi connectivity index (χ2n) is 6.68. The SMILES string of the molecule is CCNC(=NCc1ccc(OCCN(CC)CC)c(OC)c1)NCCCCSC. The molecule has 0 atom stereocenters. The van der Waals surface area contributed by atoms with Gasteiger partial charge in [-0.05, 0) is 62.6 Å². The van der Waals surface area contributed by atoms with Crippen molar-refractivity contribution in [3.63, 3.8) is 0 Å². The van der Waals surface area contributed by atoms with Crippen LogP contribution < -0.4 is 20.1 Å². The van der Waals surface area contributed by atoms with E-state index in [4.69, 9.17) is 14.5 Å². The van der Waals surface area contributed by atoms with Crippen molar-refractivity contribution < 1.29 is 9.47 Å². The molecule has 0 heterocycles. The molecule has 0 unspecified atom stereocenters. The van der Waals surface area contributed by atoms with E-state index in [0.717, 1.165) is 62.2 Å². The van der Waals surface area contributed by atoms with E-state index in [0.29, 0.717) is 13.2 Å². The second kappa shape index (κ2) is 16.2. The lowest BCUT2D eigenvalue weighted by molar-refractivity contribution is 0.217. The molecule has 0 bridgehead atoms. The van der Waals surface area contributed by atoms with Gasteiger partial charge in [0.05, 0.1) is 13.7 Å². The van der Waals surface area contributed by atoms with E-state index in [2.05, 4.69) is 48.6 Å². The fourth-order valence-electron chi connectivity index (χ4n) is 2.84. The number of likely N-dealkylation sites (N-methyl/N-ethyl adjacent to an activating group) is 1. The predicted octanol–water partition coefficient (Wildman–Crippen LogP) is 3.61. The van der Waals surface area contributed by atoms with Gasteiger partial charge in [-0.15, -0.1) is 0 Å². The molecule has 1 aromatic rings. The summed E-state index contributed by atoms with van der Waals surface area (Å²) in [7, 11) is 1.68. The van der Waals surface area contributed by atoms with Gasteiger partial charge in [0, 0.05) is 19.6 Å². The smallest absolute Gasteiger partial charge is 0.191 e. The third-order valence-electron chi connectivity index (χ3n) is 4.62. The molecule has 1 rings (SSSR count). The molecule has 7 heteroatoms. The lowest BCUT2D eigenvalue weighted by Crippen LogP contribution is -2.37. The molecule has 6 nitrogen and oxygen atoms in total. The maximum absolute atomic E-state index is 5.94. The van der Waals surface area contributed by atoms with Crippen molar-refractivity contribution in [1.29, 1.82) is 0 Å². The Hall–Kier alpha value is -1.60. The Morgan fingerprint density at radius 3 is 2.55 bits per heavy atom. The molecular weight excluding hydrogens is 384 g/mol. The molecule has 0 aliphatic carbocycles. The maximum atomic E-state index is 5.94. The average molecular weight is 425 g/mol. The van der Waals surface area contributed by atoms with Crippen LogP contribution in [0.15, 0.2) is 23.2 Å². The molecule has 0 amide bonds. The van der Waals surface area contributed by atoms with Crippen LogP contribution in [0.2, 0.25) is 0 Å². The number of guanidine groups is 1. The molecule has 166 valence electrons. The summed E-state index contributed by atoms with van der Waals surface area (Å²) in [6.07, 6.45) is 4.52. The summed E-state index contributed by atoms with van der Waals surface area (Å²) in [6, 6.07) is 6.05. The summed E-state index contributed by atoms with van der Waals surface area (Å²) in [4.78, 5) is 7.04. The first-order valence-corrected chi connectivity index (χ1v) is 12.1. The van der Waals surface area contributed by atoms with E-state index >= 15 is 0 Å². The van der Waals surface area contributed by atoms with Crippen LogP contribution in [0, 0.1) is 0 Å². The van der Waals surface area contributed by atoms with Gasteiger partial charge in [-0.1, -0.05) is 19.9 Å². The summed E-state index contributed by atoms with van der Waals surface area (Å²) in [5.41, 5.74) is 1.09. The van der Waals surface area contributed by atoms with Gasteiger partial charge >= 0.3 is 0 Å². The number of hydrogen-bond donors (Lipinski definition) is 2. The number of rotatable bonds is 15. The highest BCUT2D eigenvalue weighted by atomic mass is 32.2. The lowest BCUT2D eigenvalue weighted by Gasteiger charge is -2.19. The first-order chi connectivity index (χ1) is 14.2. The van der Waals surface area contributed by atoms with Crippen molar-refractivity contribution in [2.45, 2.75) is 40.2 Å². The highest BCUT2D eigenvalue weighted by Gasteiger charge is 2.07. The molecule has 0 saturated carbocycles. The van der Waals surface area contributed by atoms with Crippen LogP contribution in [-0.2, 0) is 6.54 Å². The van der Waals surface area contributed by atoms with E-state index in [-0.39, 0.29) is 0 Å². The highest BCUT2D eigenvalue weighted by molar-refractivity contribution is 7.98. The third-order valence-corrected chi connectivity index (χ3v) is 5.32. The monoisotopic (exact) mass is 424 g/mol. The van der Waals surface area contributed by atoms with Crippen LogP contribution >= 0.6 is 11.8 Å². The van der Waals surface area contributed by atoms with Gasteiger partial charge in [-0.3, -0.25) is 0 Å². The maximum Gasteiger partial charge on any atom is 0.191 e. The Labute approximate surface area is 181 Å². The van der Waals surface area contributed by atoms with Gasteiger partial charge in [0.1, 0.15) is 6.61 Å². The number of aliphatic imine (C=N–C) groups is 1. The van der Waals surface area contributed by atoms with Crippen LogP contribution in [0.5, 0.6) is 11.5 Å². The van der Waals surface area contributed by atoms with Crippen LogP contribution in [0.1, 0.15) is 39.2 Å². The van der Waals surface area contributed by atoms with Crippen LogP contribution in [0.25, 0.3) is 0 Å². The summed E-state index contributed by atoms with van der Waals surface area (Å²) in [6.45, 7) is 12.4. The Bertz CT molecular complexity index is 580. The first-order valence-electron chi connectivity index (χ1n) is 10.7.